The lowest BCUT2D eigenvalue weighted by Crippen LogP contribution is -2.49. The molecule has 160 valence electrons. The summed E-state index contributed by atoms with van der Waals surface area (Å²) in [6.07, 6.45) is 5.46. The van der Waals surface area contributed by atoms with Crippen LogP contribution in [0.3, 0.4) is 0 Å². The maximum absolute atomic E-state index is 13.2. The Hall–Kier alpha value is -2.14. The molecule has 0 unspecified atom stereocenters. The summed E-state index contributed by atoms with van der Waals surface area (Å²) in [6, 6.07) is 15.9. The number of rotatable bonds is 8. The van der Waals surface area contributed by atoms with Crippen LogP contribution in [0.15, 0.2) is 53.0 Å². The Morgan fingerprint density at radius 3 is 2.27 bits per heavy atom. The van der Waals surface area contributed by atoms with Gasteiger partial charge in [-0.1, -0.05) is 70.7 Å². The highest BCUT2D eigenvalue weighted by molar-refractivity contribution is 9.10. The summed E-state index contributed by atoms with van der Waals surface area (Å²) in [5.74, 6) is -0.0461. The van der Waals surface area contributed by atoms with Gasteiger partial charge in [0.15, 0.2) is 0 Å². The zero-order valence-corrected chi connectivity index (χ0v) is 19.5. The SMILES string of the molecule is Cc1ccc(CCC(=O)N(Cc2ccc(Br)cc2)[C@@H](C)C(=O)NC2CCCC2)cc1. The predicted octanol–water partition coefficient (Wildman–Crippen LogP) is 5.17. The lowest BCUT2D eigenvalue weighted by molar-refractivity contribution is -0.140. The molecular formula is C25H31BrN2O2. The molecule has 0 spiro atoms. The maximum Gasteiger partial charge on any atom is 0.242 e. The van der Waals surface area contributed by atoms with E-state index < -0.39 is 6.04 Å². The summed E-state index contributed by atoms with van der Waals surface area (Å²) in [4.78, 5) is 27.8. The van der Waals surface area contributed by atoms with Gasteiger partial charge < -0.3 is 10.2 Å². The third kappa shape index (κ3) is 6.43. The van der Waals surface area contributed by atoms with Crippen LogP contribution in [-0.4, -0.2) is 28.8 Å². The number of nitrogens with zero attached hydrogens (tertiary/aromatic N) is 1. The third-order valence-electron chi connectivity index (χ3n) is 5.88. The Labute approximate surface area is 188 Å². The second kappa shape index (κ2) is 10.8. The minimum absolute atomic E-state index is 0.00701. The number of halogens is 1. The van der Waals surface area contributed by atoms with E-state index in [0.29, 0.717) is 19.4 Å². The molecule has 0 aliphatic heterocycles. The number of hydrogen-bond donors (Lipinski definition) is 1. The predicted molar refractivity (Wildman–Crippen MR) is 124 cm³/mol. The molecule has 0 bridgehead atoms. The molecule has 1 aliphatic rings. The first-order valence-corrected chi connectivity index (χ1v) is 11.6. The fourth-order valence-corrected chi connectivity index (χ4v) is 4.18. The molecule has 30 heavy (non-hydrogen) atoms. The molecular weight excluding hydrogens is 440 g/mol. The highest BCUT2D eigenvalue weighted by atomic mass is 79.9. The number of hydrogen-bond acceptors (Lipinski definition) is 2. The molecule has 3 rings (SSSR count). The fourth-order valence-electron chi connectivity index (χ4n) is 3.91. The van der Waals surface area contributed by atoms with E-state index in [0.717, 1.165) is 41.3 Å². The molecule has 1 N–H and O–H groups in total. The van der Waals surface area contributed by atoms with Gasteiger partial charge in [-0.25, -0.2) is 0 Å². The molecule has 1 aliphatic carbocycles. The summed E-state index contributed by atoms with van der Waals surface area (Å²) in [6.45, 7) is 4.33. The van der Waals surface area contributed by atoms with Crippen LogP contribution in [0.25, 0.3) is 0 Å². The summed E-state index contributed by atoms with van der Waals surface area (Å²) in [5, 5.41) is 3.15. The number of nitrogens with one attached hydrogen (secondary N) is 1. The monoisotopic (exact) mass is 470 g/mol. The smallest absolute Gasteiger partial charge is 0.242 e. The Kier molecular flexibility index (Phi) is 8.08. The molecule has 2 aromatic rings. The second-order valence-electron chi connectivity index (χ2n) is 8.30. The van der Waals surface area contributed by atoms with Crippen LogP contribution in [0.2, 0.25) is 0 Å². The van der Waals surface area contributed by atoms with Crippen molar-refractivity contribution in [2.45, 2.75) is 71.0 Å². The highest BCUT2D eigenvalue weighted by Gasteiger charge is 2.28. The van der Waals surface area contributed by atoms with E-state index in [1.54, 1.807) is 4.90 Å². The van der Waals surface area contributed by atoms with Crippen molar-refractivity contribution in [3.8, 4) is 0 Å². The molecule has 1 atom stereocenters. The molecule has 0 aromatic heterocycles. The minimum Gasteiger partial charge on any atom is -0.352 e. The third-order valence-corrected chi connectivity index (χ3v) is 6.41. The van der Waals surface area contributed by atoms with Gasteiger partial charge in [-0.15, -0.1) is 0 Å². The van der Waals surface area contributed by atoms with Crippen molar-refractivity contribution in [1.29, 1.82) is 0 Å². The largest absolute Gasteiger partial charge is 0.352 e. The maximum atomic E-state index is 13.2. The second-order valence-corrected chi connectivity index (χ2v) is 9.22. The fraction of sp³-hybridized carbons (Fsp3) is 0.440. The molecule has 0 saturated heterocycles. The first-order valence-electron chi connectivity index (χ1n) is 10.8. The van der Waals surface area contributed by atoms with Gasteiger partial charge in [0.1, 0.15) is 6.04 Å². The van der Waals surface area contributed by atoms with Crippen molar-refractivity contribution in [3.63, 3.8) is 0 Å². The van der Waals surface area contributed by atoms with E-state index in [1.165, 1.54) is 5.56 Å². The minimum atomic E-state index is -0.500. The Morgan fingerprint density at radius 2 is 1.63 bits per heavy atom. The van der Waals surface area contributed by atoms with Gasteiger partial charge >= 0.3 is 0 Å². The number of benzene rings is 2. The lowest BCUT2D eigenvalue weighted by atomic mass is 10.1. The number of carbonyl (C=O) groups excluding carboxylic acids is 2. The zero-order valence-electron chi connectivity index (χ0n) is 17.9. The Balaban J connectivity index is 1.69. The average molecular weight is 471 g/mol. The highest BCUT2D eigenvalue weighted by Crippen LogP contribution is 2.19. The van der Waals surface area contributed by atoms with Crippen molar-refractivity contribution in [2.75, 3.05) is 0 Å². The standard InChI is InChI=1S/C25H31BrN2O2/c1-18-7-9-20(10-8-18)13-16-24(29)28(17-21-11-14-22(26)15-12-21)19(2)25(30)27-23-5-3-4-6-23/h7-12,14-15,19,23H,3-6,13,16-17H2,1-2H3,(H,27,30)/t19-/m0/s1. The quantitative estimate of drug-likeness (QED) is 0.578. The van der Waals surface area contributed by atoms with Crippen molar-refractivity contribution in [1.82, 2.24) is 10.2 Å². The van der Waals surface area contributed by atoms with Crippen LogP contribution >= 0.6 is 15.9 Å². The summed E-state index contributed by atoms with van der Waals surface area (Å²) < 4.78 is 0.996. The molecule has 2 aromatic carbocycles. The van der Waals surface area contributed by atoms with Crippen LogP contribution in [0.5, 0.6) is 0 Å². The summed E-state index contributed by atoms with van der Waals surface area (Å²) in [5.41, 5.74) is 3.36. The van der Waals surface area contributed by atoms with Crippen LogP contribution in [0.4, 0.5) is 0 Å². The van der Waals surface area contributed by atoms with Crippen LogP contribution in [0.1, 0.15) is 55.7 Å². The van der Waals surface area contributed by atoms with E-state index >= 15 is 0 Å². The molecule has 0 radical (unpaired) electrons. The number of aryl methyl sites for hydroxylation is 2. The number of carbonyl (C=O) groups is 2. The molecule has 4 nitrogen and oxygen atoms in total. The van der Waals surface area contributed by atoms with E-state index in [9.17, 15) is 9.59 Å². The Bertz CT molecular complexity index is 842. The van der Waals surface area contributed by atoms with E-state index in [2.05, 4.69) is 52.4 Å². The van der Waals surface area contributed by atoms with Gasteiger partial charge in [0.05, 0.1) is 0 Å². The van der Waals surface area contributed by atoms with Crippen molar-refractivity contribution >= 4 is 27.7 Å². The normalized spacial score (nSPS) is 15.0. The van der Waals surface area contributed by atoms with Gasteiger partial charge in [-0.3, -0.25) is 9.59 Å². The summed E-state index contributed by atoms with van der Waals surface area (Å²) in [7, 11) is 0. The number of amides is 2. The molecule has 1 fully saturated rings. The first kappa shape index (κ1) is 22.5. The van der Waals surface area contributed by atoms with E-state index in [1.807, 2.05) is 31.2 Å². The van der Waals surface area contributed by atoms with Crippen molar-refractivity contribution < 1.29 is 9.59 Å². The molecule has 5 heteroatoms. The van der Waals surface area contributed by atoms with Crippen molar-refractivity contribution in [3.05, 3.63) is 69.7 Å². The summed E-state index contributed by atoms with van der Waals surface area (Å²) >= 11 is 3.45. The van der Waals surface area contributed by atoms with Crippen molar-refractivity contribution in [2.24, 2.45) is 0 Å². The van der Waals surface area contributed by atoms with Gasteiger partial charge in [0.2, 0.25) is 11.8 Å². The average Bonchev–Trinajstić information content (AvgIpc) is 3.25. The molecule has 2 amide bonds. The van der Waals surface area contributed by atoms with Crippen LogP contribution in [0, 0.1) is 6.92 Å². The van der Waals surface area contributed by atoms with E-state index in [-0.39, 0.29) is 17.9 Å². The van der Waals surface area contributed by atoms with Gasteiger partial charge in [-0.05, 0) is 56.4 Å². The van der Waals surface area contributed by atoms with Gasteiger partial charge in [-0.2, -0.15) is 0 Å². The molecule has 1 saturated carbocycles. The molecule has 0 heterocycles. The lowest BCUT2D eigenvalue weighted by Gasteiger charge is -2.30. The first-order chi connectivity index (χ1) is 14.4. The van der Waals surface area contributed by atoms with E-state index in [4.69, 9.17) is 0 Å². The zero-order chi connectivity index (χ0) is 21.5. The van der Waals surface area contributed by atoms with Gasteiger partial charge in [0, 0.05) is 23.5 Å². The van der Waals surface area contributed by atoms with Crippen LogP contribution in [-0.2, 0) is 22.6 Å². The van der Waals surface area contributed by atoms with Gasteiger partial charge in [0.25, 0.3) is 0 Å². The van der Waals surface area contributed by atoms with Crippen LogP contribution < -0.4 is 5.32 Å². The topological polar surface area (TPSA) is 49.4 Å². The Morgan fingerprint density at radius 1 is 1.03 bits per heavy atom.